The van der Waals surface area contributed by atoms with Gasteiger partial charge in [-0.15, -0.1) is 0 Å². The van der Waals surface area contributed by atoms with Crippen LogP contribution in [0.4, 0.5) is 27.6 Å². The van der Waals surface area contributed by atoms with Crippen molar-refractivity contribution in [2.45, 2.75) is 12.8 Å². The van der Waals surface area contributed by atoms with Gasteiger partial charge in [0.2, 0.25) is 17.6 Å². The molecule has 0 bridgehead atoms. The number of piperidine rings is 1. The maximum absolute atomic E-state index is 13.5. The summed E-state index contributed by atoms with van der Waals surface area (Å²) in [6.45, 7) is 0.376. The molecular weight excluding hydrogens is 337 g/mol. The minimum atomic E-state index is -2.29. The summed E-state index contributed by atoms with van der Waals surface area (Å²) in [7, 11) is 0. The molecule has 1 aliphatic heterocycles. The van der Waals surface area contributed by atoms with E-state index < -0.39 is 46.6 Å². The number of anilines is 1. The summed E-state index contributed by atoms with van der Waals surface area (Å²) in [4.78, 5) is 24.4. The Hall–Kier alpha value is -2.23. The van der Waals surface area contributed by atoms with Crippen LogP contribution in [0.5, 0.6) is 0 Å². The number of carbonyl (C=O) groups excluding carboxylic acids is 2. The third kappa shape index (κ3) is 3.64. The highest BCUT2D eigenvalue weighted by Gasteiger charge is 2.28. The Kier molecular flexibility index (Phi) is 5.37. The molecule has 0 saturated carbocycles. The molecule has 0 spiro atoms. The van der Waals surface area contributed by atoms with E-state index in [1.165, 1.54) is 0 Å². The molecule has 1 aromatic carbocycles. The number of amides is 2. The zero-order chi connectivity index (χ0) is 18.0. The Labute approximate surface area is 133 Å². The maximum Gasteiger partial charge on any atom is 0.238 e. The number of benzene rings is 1. The number of rotatable bonds is 4. The lowest BCUT2D eigenvalue weighted by atomic mass is 9.96. The monoisotopic (exact) mass is 351 g/mol. The van der Waals surface area contributed by atoms with Crippen LogP contribution < -0.4 is 11.1 Å². The van der Waals surface area contributed by atoms with E-state index >= 15 is 0 Å². The Morgan fingerprint density at radius 3 is 1.88 bits per heavy atom. The second kappa shape index (κ2) is 7.12. The van der Waals surface area contributed by atoms with Gasteiger partial charge in [-0.25, -0.2) is 22.0 Å². The van der Waals surface area contributed by atoms with Crippen molar-refractivity contribution in [2.75, 3.05) is 25.0 Å². The van der Waals surface area contributed by atoms with Crippen LogP contribution in [0.1, 0.15) is 12.8 Å². The van der Waals surface area contributed by atoms with Gasteiger partial charge < -0.3 is 11.1 Å². The molecule has 3 N–H and O–H groups in total. The first kappa shape index (κ1) is 18.1. The van der Waals surface area contributed by atoms with Gasteiger partial charge in [0.1, 0.15) is 5.69 Å². The minimum absolute atomic E-state index is 0.306. The Bertz CT molecular complexity index is 646. The normalized spacial score (nSPS) is 16.2. The largest absolute Gasteiger partial charge is 0.369 e. The number of nitrogens with one attached hydrogen (secondary N) is 1. The van der Waals surface area contributed by atoms with Crippen LogP contribution in [0.25, 0.3) is 0 Å². The SMILES string of the molecule is NC(=O)C1CCN(CC(=O)Nc2c(F)c(F)c(F)c(F)c2F)CC1. The second-order valence-electron chi connectivity index (χ2n) is 5.45. The van der Waals surface area contributed by atoms with Crippen molar-refractivity contribution < 1.29 is 31.5 Å². The van der Waals surface area contributed by atoms with E-state index in [4.69, 9.17) is 5.73 Å². The smallest absolute Gasteiger partial charge is 0.238 e. The average molecular weight is 351 g/mol. The molecule has 10 heteroatoms. The van der Waals surface area contributed by atoms with E-state index in [0.29, 0.717) is 25.9 Å². The number of hydrogen-bond acceptors (Lipinski definition) is 3. The van der Waals surface area contributed by atoms with Gasteiger partial charge in [0, 0.05) is 5.92 Å². The zero-order valence-electron chi connectivity index (χ0n) is 12.3. The molecule has 2 amide bonds. The maximum atomic E-state index is 13.5. The third-order valence-electron chi connectivity index (χ3n) is 3.83. The van der Waals surface area contributed by atoms with Crippen LogP contribution in [0.2, 0.25) is 0 Å². The molecule has 0 aliphatic carbocycles. The standard InChI is InChI=1S/C14H14F5N3O2/c15-8-9(16)11(18)13(12(19)10(8)17)21-7(23)5-22-3-1-6(2-4-22)14(20)24/h6H,1-5H2,(H2,20,24)(H,21,23). The summed E-state index contributed by atoms with van der Waals surface area (Å²) in [6, 6.07) is 0. The molecule has 2 rings (SSSR count). The third-order valence-corrected chi connectivity index (χ3v) is 3.83. The second-order valence-corrected chi connectivity index (χ2v) is 5.45. The predicted octanol–water partition coefficient (Wildman–Crippen LogP) is 1.52. The summed E-state index contributed by atoms with van der Waals surface area (Å²) in [5.41, 5.74) is 3.78. The number of primary amides is 1. The van der Waals surface area contributed by atoms with Crippen molar-refractivity contribution in [3.8, 4) is 0 Å². The number of hydrogen-bond donors (Lipinski definition) is 2. The molecular formula is C14H14F5N3O2. The number of nitrogens with two attached hydrogens (primary N) is 1. The minimum Gasteiger partial charge on any atom is -0.369 e. The van der Waals surface area contributed by atoms with Crippen molar-refractivity contribution in [1.29, 1.82) is 0 Å². The molecule has 0 atom stereocenters. The molecule has 0 radical (unpaired) electrons. The lowest BCUT2D eigenvalue weighted by Crippen LogP contribution is -2.42. The summed E-state index contributed by atoms with van der Waals surface area (Å²) < 4.78 is 66.0. The molecule has 1 fully saturated rings. The summed E-state index contributed by atoms with van der Waals surface area (Å²) in [6.07, 6.45) is 0.844. The fourth-order valence-electron chi connectivity index (χ4n) is 2.47. The van der Waals surface area contributed by atoms with Crippen LogP contribution in [0.3, 0.4) is 0 Å². The van der Waals surface area contributed by atoms with Gasteiger partial charge >= 0.3 is 0 Å². The van der Waals surface area contributed by atoms with Gasteiger partial charge in [-0.3, -0.25) is 14.5 Å². The van der Waals surface area contributed by atoms with Crippen LogP contribution in [-0.4, -0.2) is 36.3 Å². The van der Waals surface area contributed by atoms with E-state index in [1.807, 2.05) is 0 Å². The Morgan fingerprint density at radius 2 is 1.42 bits per heavy atom. The molecule has 1 aliphatic rings. The highest BCUT2D eigenvalue weighted by atomic mass is 19.2. The fraction of sp³-hybridized carbons (Fsp3) is 0.429. The van der Waals surface area contributed by atoms with Gasteiger partial charge in [0.25, 0.3) is 0 Å². The Balaban J connectivity index is 2.03. The van der Waals surface area contributed by atoms with Gasteiger partial charge in [0.05, 0.1) is 6.54 Å². The molecule has 5 nitrogen and oxygen atoms in total. The molecule has 0 unspecified atom stereocenters. The van der Waals surface area contributed by atoms with Gasteiger partial charge in [-0.2, -0.15) is 0 Å². The van der Waals surface area contributed by atoms with E-state index in [-0.39, 0.29) is 12.5 Å². The number of likely N-dealkylation sites (tertiary alicyclic amines) is 1. The number of halogens is 5. The molecule has 1 saturated heterocycles. The van der Waals surface area contributed by atoms with Gasteiger partial charge in [0.15, 0.2) is 23.3 Å². The van der Waals surface area contributed by atoms with Crippen molar-refractivity contribution >= 4 is 17.5 Å². The average Bonchev–Trinajstić information content (AvgIpc) is 2.55. The van der Waals surface area contributed by atoms with Crippen molar-refractivity contribution in [1.82, 2.24) is 4.90 Å². The van der Waals surface area contributed by atoms with E-state index in [1.54, 1.807) is 10.2 Å². The molecule has 0 aromatic heterocycles. The highest BCUT2D eigenvalue weighted by molar-refractivity contribution is 5.92. The lowest BCUT2D eigenvalue weighted by molar-refractivity contribution is -0.123. The fourth-order valence-corrected chi connectivity index (χ4v) is 2.47. The van der Waals surface area contributed by atoms with Crippen LogP contribution >= 0.6 is 0 Å². The summed E-state index contributed by atoms with van der Waals surface area (Å²) >= 11 is 0. The van der Waals surface area contributed by atoms with Crippen LogP contribution in [0, 0.1) is 35.0 Å². The molecule has 132 valence electrons. The number of carbonyl (C=O) groups is 2. The first-order valence-corrected chi connectivity index (χ1v) is 7.05. The first-order chi connectivity index (χ1) is 11.2. The van der Waals surface area contributed by atoms with Crippen LogP contribution in [-0.2, 0) is 9.59 Å². The van der Waals surface area contributed by atoms with Crippen molar-refractivity contribution in [2.24, 2.45) is 11.7 Å². The predicted molar refractivity (Wildman–Crippen MR) is 73.2 cm³/mol. The molecule has 1 heterocycles. The zero-order valence-corrected chi connectivity index (χ0v) is 12.3. The van der Waals surface area contributed by atoms with Crippen molar-refractivity contribution in [3.63, 3.8) is 0 Å². The highest BCUT2D eigenvalue weighted by Crippen LogP contribution is 2.27. The van der Waals surface area contributed by atoms with E-state index in [9.17, 15) is 31.5 Å². The van der Waals surface area contributed by atoms with Gasteiger partial charge in [-0.1, -0.05) is 0 Å². The van der Waals surface area contributed by atoms with Crippen molar-refractivity contribution in [3.05, 3.63) is 29.1 Å². The van der Waals surface area contributed by atoms with Gasteiger partial charge in [-0.05, 0) is 25.9 Å². The summed E-state index contributed by atoms with van der Waals surface area (Å²) in [5.74, 6) is -12.5. The molecule has 24 heavy (non-hydrogen) atoms. The van der Waals surface area contributed by atoms with E-state index in [0.717, 1.165) is 0 Å². The van der Waals surface area contributed by atoms with E-state index in [2.05, 4.69) is 0 Å². The topological polar surface area (TPSA) is 75.4 Å². The first-order valence-electron chi connectivity index (χ1n) is 7.05. The quantitative estimate of drug-likeness (QED) is 0.491. The summed E-state index contributed by atoms with van der Waals surface area (Å²) in [5, 5.41) is 1.70. The molecule has 1 aromatic rings. The van der Waals surface area contributed by atoms with Crippen LogP contribution in [0.15, 0.2) is 0 Å². The number of nitrogens with zero attached hydrogens (tertiary/aromatic N) is 1. The Morgan fingerprint density at radius 1 is 0.958 bits per heavy atom. The lowest BCUT2D eigenvalue weighted by Gasteiger charge is -2.29.